The van der Waals surface area contributed by atoms with Gasteiger partial charge in [0.2, 0.25) is 11.8 Å². The van der Waals surface area contributed by atoms with Gasteiger partial charge in [0.15, 0.2) is 0 Å². The first kappa shape index (κ1) is 17.0. The van der Waals surface area contributed by atoms with Crippen LogP contribution in [-0.4, -0.2) is 28.6 Å². The van der Waals surface area contributed by atoms with Crippen LogP contribution >= 0.6 is 0 Å². The van der Waals surface area contributed by atoms with E-state index in [9.17, 15) is 9.59 Å². The number of H-pyrrole nitrogens is 1. The highest BCUT2D eigenvalue weighted by Gasteiger charge is 2.37. The van der Waals surface area contributed by atoms with Crippen molar-refractivity contribution in [3.8, 4) is 11.3 Å². The Labute approximate surface area is 157 Å². The van der Waals surface area contributed by atoms with Crippen LogP contribution in [0.5, 0.6) is 0 Å². The van der Waals surface area contributed by atoms with Crippen LogP contribution < -0.4 is 10.2 Å². The molecule has 6 nitrogen and oxygen atoms in total. The van der Waals surface area contributed by atoms with Gasteiger partial charge in [0.25, 0.3) is 0 Å². The molecule has 1 saturated heterocycles. The molecule has 1 aliphatic rings. The molecule has 2 amide bonds. The molecule has 1 aliphatic heterocycles. The molecule has 2 heterocycles. The number of hydrogen-bond acceptors (Lipinski definition) is 3. The number of nitrogens with zero attached hydrogens (tertiary/aromatic N) is 2. The number of benzene rings is 2. The summed E-state index contributed by atoms with van der Waals surface area (Å²) in [5.41, 5.74) is 3.60. The number of hydrogen-bond donors (Lipinski definition) is 2. The van der Waals surface area contributed by atoms with Gasteiger partial charge < -0.3 is 10.2 Å². The molecular weight excluding hydrogens is 340 g/mol. The van der Waals surface area contributed by atoms with Crippen molar-refractivity contribution in [2.45, 2.75) is 13.0 Å². The molecule has 1 fully saturated rings. The topological polar surface area (TPSA) is 78.1 Å². The van der Waals surface area contributed by atoms with Crippen LogP contribution in [0.3, 0.4) is 0 Å². The molecule has 1 unspecified atom stereocenters. The summed E-state index contributed by atoms with van der Waals surface area (Å²) in [6, 6.07) is 19.3. The number of amides is 2. The average Bonchev–Trinajstić information content (AvgIpc) is 3.34. The van der Waals surface area contributed by atoms with Gasteiger partial charge in [-0.15, -0.1) is 0 Å². The maximum absolute atomic E-state index is 12.6. The number of nitrogens with one attached hydrogen (secondary N) is 2. The molecule has 0 bridgehead atoms. The lowest BCUT2D eigenvalue weighted by molar-refractivity contribution is -0.132. The standard InChI is InChI=1S/C21H20N4O2/c26-20(18-11-12-25(21(18)27)17-9-5-2-6-10-17)22-13-16-14-23-24-19(16)15-7-3-1-4-8-15/h1-10,14,18H,11-13H2,(H,22,26)(H,23,24). The minimum atomic E-state index is -0.641. The van der Waals surface area contributed by atoms with Crippen LogP contribution in [-0.2, 0) is 16.1 Å². The van der Waals surface area contributed by atoms with Crippen molar-refractivity contribution in [2.24, 2.45) is 5.92 Å². The van der Waals surface area contributed by atoms with Gasteiger partial charge in [-0.05, 0) is 24.1 Å². The zero-order chi connectivity index (χ0) is 18.6. The van der Waals surface area contributed by atoms with E-state index in [0.717, 1.165) is 22.5 Å². The van der Waals surface area contributed by atoms with E-state index in [2.05, 4.69) is 15.5 Å². The lowest BCUT2D eigenvalue weighted by atomic mass is 10.1. The highest BCUT2D eigenvalue weighted by Crippen LogP contribution is 2.25. The van der Waals surface area contributed by atoms with Crippen molar-refractivity contribution in [3.63, 3.8) is 0 Å². The highest BCUT2D eigenvalue weighted by molar-refractivity contribution is 6.09. The van der Waals surface area contributed by atoms with Crippen molar-refractivity contribution < 1.29 is 9.59 Å². The molecule has 4 rings (SSSR count). The van der Waals surface area contributed by atoms with Crippen LogP contribution in [0.2, 0.25) is 0 Å². The second-order valence-corrected chi connectivity index (χ2v) is 6.52. The highest BCUT2D eigenvalue weighted by atomic mass is 16.2. The first-order valence-electron chi connectivity index (χ1n) is 8.96. The maximum Gasteiger partial charge on any atom is 0.239 e. The fraction of sp³-hybridized carbons (Fsp3) is 0.190. The van der Waals surface area contributed by atoms with E-state index >= 15 is 0 Å². The van der Waals surface area contributed by atoms with Gasteiger partial charge in [-0.3, -0.25) is 14.7 Å². The van der Waals surface area contributed by atoms with Crippen LogP contribution in [0.4, 0.5) is 5.69 Å². The molecule has 0 spiro atoms. The molecule has 0 aliphatic carbocycles. The average molecular weight is 360 g/mol. The normalized spacial score (nSPS) is 16.5. The lowest BCUT2D eigenvalue weighted by Crippen LogP contribution is -2.36. The summed E-state index contributed by atoms with van der Waals surface area (Å²) in [5, 5.41) is 9.96. The molecule has 6 heteroatoms. The second kappa shape index (κ2) is 7.45. The second-order valence-electron chi connectivity index (χ2n) is 6.52. The number of aromatic amines is 1. The molecule has 136 valence electrons. The third-order valence-corrected chi connectivity index (χ3v) is 4.82. The van der Waals surface area contributed by atoms with E-state index in [-0.39, 0.29) is 11.8 Å². The Morgan fingerprint density at radius 2 is 1.81 bits per heavy atom. The van der Waals surface area contributed by atoms with E-state index in [4.69, 9.17) is 0 Å². The fourth-order valence-corrected chi connectivity index (χ4v) is 3.39. The summed E-state index contributed by atoms with van der Waals surface area (Å²) in [6.45, 7) is 0.886. The number of carbonyl (C=O) groups excluding carboxylic acids is 2. The van der Waals surface area contributed by atoms with Crippen LogP contribution in [0.15, 0.2) is 66.9 Å². The Morgan fingerprint density at radius 1 is 1.11 bits per heavy atom. The summed E-state index contributed by atoms with van der Waals surface area (Å²) in [4.78, 5) is 26.9. The molecule has 2 N–H and O–H groups in total. The molecule has 0 radical (unpaired) electrons. The molecule has 2 aromatic carbocycles. The number of para-hydroxylation sites is 1. The first-order valence-corrected chi connectivity index (χ1v) is 8.96. The minimum Gasteiger partial charge on any atom is -0.351 e. The molecule has 27 heavy (non-hydrogen) atoms. The fourth-order valence-electron chi connectivity index (χ4n) is 3.39. The van der Waals surface area contributed by atoms with E-state index in [1.807, 2.05) is 60.7 Å². The van der Waals surface area contributed by atoms with Gasteiger partial charge in [-0.1, -0.05) is 48.5 Å². The third-order valence-electron chi connectivity index (χ3n) is 4.82. The van der Waals surface area contributed by atoms with Crippen molar-refractivity contribution in [3.05, 3.63) is 72.4 Å². The predicted octanol–water partition coefficient (Wildman–Crippen LogP) is 2.75. The first-order chi connectivity index (χ1) is 13.2. The van der Waals surface area contributed by atoms with Crippen molar-refractivity contribution in [1.82, 2.24) is 15.5 Å². The Hall–Kier alpha value is -3.41. The van der Waals surface area contributed by atoms with Gasteiger partial charge in [0, 0.05) is 24.3 Å². The molecule has 0 saturated carbocycles. The zero-order valence-corrected chi connectivity index (χ0v) is 14.8. The number of anilines is 1. The van der Waals surface area contributed by atoms with E-state index in [0.29, 0.717) is 19.5 Å². The smallest absolute Gasteiger partial charge is 0.239 e. The van der Waals surface area contributed by atoms with Gasteiger partial charge in [0.1, 0.15) is 5.92 Å². The quantitative estimate of drug-likeness (QED) is 0.687. The molecular formula is C21H20N4O2. The Kier molecular flexibility index (Phi) is 4.70. The Balaban J connectivity index is 1.41. The summed E-state index contributed by atoms with van der Waals surface area (Å²) in [5.74, 6) is -1.02. The lowest BCUT2D eigenvalue weighted by Gasteiger charge is -2.16. The molecule has 3 aromatic rings. The Bertz CT molecular complexity index is 937. The largest absolute Gasteiger partial charge is 0.351 e. The molecule has 1 aromatic heterocycles. The van der Waals surface area contributed by atoms with Crippen LogP contribution in [0.1, 0.15) is 12.0 Å². The summed E-state index contributed by atoms with van der Waals surface area (Å²) in [7, 11) is 0. The summed E-state index contributed by atoms with van der Waals surface area (Å²) in [6.07, 6.45) is 2.23. The van der Waals surface area contributed by atoms with Crippen LogP contribution in [0.25, 0.3) is 11.3 Å². The van der Waals surface area contributed by atoms with E-state index in [1.165, 1.54) is 0 Å². The summed E-state index contributed by atoms with van der Waals surface area (Å²) >= 11 is 0. The van der Waals surface area contributed by atoms with E-state index in [1.54, 1.807) is 11.1 Å². The van der Waals surface area contributed by atoms with E-state index < -0.39 is 5.92 Å². The maximum atomic E-state index is 12.6. The SMILES string of the molecule is O=C(NCc1cn[nH]c1-c1ccccc1)C1CCN(c2ccccc2)C1=O. The zero-order valence-electron chi connectivity index (χ0n) is 14.8. The van der Waals surface area contributed by atoms with Gasteiger partial charge in [-0.25, -0.2) is 0 Å². The number of aromatic nitrogens is 2. The van der Waals surface area contributed by atoms with Gasteiger partial charge >= 0.3 is 0 Å². The monoisotopic (exact) mass is 360 g/mol. The van der Waals surface area contributed by atoms with Gasteiger partial charge in [0.05, 0.1) is 11.9 Å². The van der Waals surface area contributed by atoms with Gasteiger partial charge in [-0.2, -0.15) is 5.10 Å². The number of rotatable bonds is 5. The number of carbonyl (C=O) groups is 2. The minimum absolute atomic E-state index is 0.144. The van der Waals surface area contributed by atoms with Crippen molar-refractivity contribution in [1.29, 1.82) is 0 Å². The summed E-state index contributed by atoms with van der Waals surface area (Å²) < 4.78 is 0. The Morgan fingerprint density at radius 3 is 2.56 bits per heavy atom. The third kappa shape index (κ3) is 3.46. The van der Waals surface area contributed by atoms with Crippen LogP contribution in [0, 0.1) is 5.92 Å². The van der Waals surface area contributed by atoms with Crippen molar-refractivity contribution >= 4 is 17.5 Å². The molecule has 1 atom stereocenters. The predicted molar refractivity (Wildman–Crippen MR) is 103 cm³/mol. The van der Waals surface area contributed by atoms with Crippen molar-refractivity contribution in [2.75, 3.05) is 11.4 Å².